The van der Waals surface area contributed by atoms with E-state index in [0.29, 0.717) is 6.42 Å². The summed E-state index contributed by atoms with van der Waals surface area (Å²) in [5.74, 6) is -0.599. The van der Waals surface area contributed by atoms with Gasteiger partial charge in [0.15, 0.2) is 9.84 Å². The van der Waals surface area contributed by atoms with Crippen LogP contribution in [0.1, 0.15) is 29.3 Å². The number of hydrogen-bond acceptors (Lipinski definition) is 4. The van der Waals surface area contributed by atoms with E-state index in [4.69, 9.17) is 0 Å². The van der Waals surface area contributed by atoms with E-state index in [1.807, 2.05) is 6.92 Å². The zero-order valence-electron chi connectivity index (χ0n) is 15.4. The summed E-state index contributed by atoms with van der Waals surface area (Å²) in [6.07, 6.45) is -4.17. The van der Waals surface area contributed by atoms with Gasteiger partial charge in [-0.15, -0.1) is 0 Å². The number of halogens is 3. The molecule has 0 saturated heterocycles. The van der Waals surface area contributed by atoms with Gasteiger partial charge in [-0.05, 0) is 43.7 Å². The predicted molar refractivity (Wildman–Crippen MR) is 102 cm³/mol. The summed E-state index contributed by atoms with van der Waals surface area (Å²) in [7, 11) is -3.64. The van der Waals surface area contributed by atoms with E-state index < -0.39 is 33.1 Å². The van der Waals surface area contributed by atoms with Crippen molar-refractivity contribution in [3.63, 3.8) is 0 Å². The summed E-state index contributed by atoms with van der Waals surface area (Å²) < 4.78 is 66.0. The zero-order valence-corrected chi connectivity index (χ0v) is 16.2. The van der Waals surface area contributed by atoms with Crippen molar-refractivity contribution in [3.05, 3.63) is 69.8 Å². The third-order valence-electron chi connectivity index (χ3n) is 5.18. The molecule has 0 amide bonds. The van der Waals surface area contributed by atoms with Gasteiger partial charge >= 0.3 is 6.18 Å². The number of alkyl halides is 3. The molecular formula is C20H17F3N2O3S. The lowest BCUT2D eigenvalue weighted by Gasteiger charge is -2.13. The summed E-state index contributed by atoms with van der Waals surface area (Å²) in [5.41, 5.74) is -0.497. The summed E-state index contributed by atoms with van der Waals surface area (Å²) in [6, 6.07) is 9.26. The second kappa shape index (κ2) is 6.69. The summed E-state index contributed by atoms with van der Waals surface area (Å²) in [4.78, 5) is 17.1. The highest BCUT2D eigenvalue weighted by atomic mass is 32.2. The third kappa shape index (κ3) is 3.55. The molecule has 0 saturated carbocycles. The predicted octanol–water partition coefficient (Wildman–Crippen LogP) is 3.68. The molecule has 0 fully saturated rings. The highest BCUT2D eigenvalue weighted by Gasteiger charge is 2.33. The normalized spacial score (nSPS) is 16.9. The highest BCUT2D eigenvalue weighted by Crippen LogP contribution is 2.33. The smallest absolute Gasteiger partial charge is 0.296 e. The van der Waals surface area contributed by atoms with Gasteiger partial charge in [0.1, 0.15) is 5.82 Å². The number of aryl methyl sites for hydroxylation is 1. The molecule has 2 heterocycles. The quantitative estimate of drug-likeness (QED) is 0.646. The first-order chi connectivity index (χ1) is 13.6. The molecule has 0 aliphatic carbocycles. The molecular weight excluding hydrogens is 405 g/mol. The van der Waals surface area contributed by atoms with Crippen LogP contribution in [0.5, 0.6) is 0 Å². The van der Waals surface area contributed by atoms with Crippen molar-refractivity contribution in [2.75, 3.05) is 5.75 Å². The van der Waals surface area contributed by atoms with Gasteiger partial charge in [-0.25, -0.2) is 13.4 Å². The van der Waals surface area contributed by atoms with Crippen LogP contribution >= 0.6 is 0 Å². The van der Waals surface area contributed by atoms with E-state index in [2.05, 4.69) is 4.98 Å². The number of hydrogen-bond donors (Lipinski definition) is 0. The first kappa shape index (κ1) is 19.6. The van der Waals surface area contributed by atoms with Crippen LogP contribution in [0, 0.1) is 6.92 Å². The molecule has 152 valence electrons. The lowest BCUT2D eigenvalue weighted by Crippen LogP contribution is -2.23. The van der Waals surface area contributed by atoms with E-state index in [0.717, 1.165) is 23.8 Å². The summed E-state index contributed by atoms with van der Waals surface area (Å²) in [5, 5.41) is 0.0868. The second-order valence-electron chi connectivity index (χ2n) is 7.24. The molecule has 0 radical (unpaired) electrons. The fourth-order valence-corrected chi connectivity index (χ4v) is 5.21. The monoisotopic (exact) mass is 422 g/mol. The topological polar surface area (TPSA) is 69.0 Å². The van der Waals surface area contributed by atoms with Gasteiger partial charge in [0.2, 0.25) is 0 Å². The maximum atomic E-state index is 13.0. The van der Waals surface area contributed by atoms with Gasteiger partial charge in [0, 0.05) is 12.5 Å². The van der Waals surface area contributed by atoms with Crippen molar-refractivity contribution in [3.8, 4) is 0 Å². The minimum atomic E-state index is -4.56. The Labute approximate surface area is 164 Å². The molecule has 1 aliphatic heterocycles. The Bertz CT molecular complexity index is 1260. The second-order valence-corrected chi connectivity index (χ2v) is 9.27. The van der Waals surface area contributed by atoms with Gasteiger partial charge in [0.05, 0.1) is 27.1 Å². The Hall–Kier alpha value is -2.68. The number of benzene rings is 2. The van der Waals surface area contributed by atoms with Crippen molar-refractivity contribution in [1.29, 1.82) is 0 Å². The van der Waals surface area contributed by atoms with Gasteiger partial charge in [0.25, 0.3) is 5.56 Å². The zero-order chi connectivity index (χ0) is 21.0. The average molecular weight is 422 g/mol. The number of aromatic nitrogens is 2. The van der Waals surface area contributed by atoms with Gasteiger partial charge < -0.3 is 0 Å². The van der Waals surface area contributed by atoms with Gasteiger partial charge in [-0.3, -0.25) is 9.36 Å². The molecule has 5 nitrogen and oxygen atoms in total. The Morgan fingerprint density at radius 3 is 2.48 bits per heavy atom. The molecule has 1 unspecified atom stereocenters. The molecule has 29 heavy (non-hydrogen) atoms. The van der Waals surface area contributed by atoms with E-state index >= 15 is 0 Å². The summed E-state index contributed by atoms with van der Waals surface area (Å²) >= 11 is 0. The Morgan fingerprint density at radius 1 is 1.14 bits per heavy atom. The number of rotatable bonds is 3. The van der Waals surface area contributed by atoms with Crippen LogP contribution in [0.25, 0.3) is 10.9 Å². The molecule has 0 bridgehead atoms. The molecule has 2 aromatic carbocycles. The van der Waals surface area contributed by atoms with Crippen LogP contribution in [0.2, 0.25) is 0 Å². The van der Waals surface area contributed by atoms with E-state index in [1.165, 1.54) is 16.7 Å². The Kier molecular flexibility index (Phi) is 4.53. The van der Waals surface area contributed by atoms with Crippen LogP contribution in [0.3, 0.4) is 0 Å². The lowest BCUT2D eigenvalue weighted by atomic mass is 10.1. The maximum Gasteiger partial charge on any atom is 0.416 e. The largest absolute Gasteiger partial charge is 0.416 e. The van der Waals surface area contributed by atoms with Crippen LogP contribution < -0.4 is 5.56 Å². The highest BCUT2D eigenvalue weighted by molar-refractivity contribution is 7.91. The molecule has 3 aromatic rings. The van der Waals surface area contributed by atoms with Crippen LogP contribution in [0.4, 0.5) is 13.2 Å². The standard InChI is InChI=1S/C20H17F3N2O3S/c1-12-2-5-15(6-3-12)29(27,28)11-13-8-9-25-18(13)24-17-10-14(20(21,22)23)4-7-16(17)19(25)26/h2-7,10,13H,8-9,11H2,1H3. The third-order valence-corrected chi connectivity index (χ3v) is 7.01. The maximum absolute atomic E-state index is 13.0. The first-order valence-electron chi connectivity index (χ1n) is 8.97. The fraction of sp³-hybridized carbons (Fsp3) is 0.300. The number of sulfone groups is 1. The van der Waals surface area contributed by atoms with Crippen molar-refractivity contribution in [1.82, 2.24) is 9.55 Å². The van der Waals surface area contributed by atoms with Gasteiger partial charge in [-0.1, -0.05) is 17.7 Å². The van der Waals surface area contributed by atoms with Crippen LogP contribution in [-0.4, -0.2) is 23.7 Å². The van der Waals surface area contributed by atoms with Crippen LogP contribution in [0.15, 0.2) is 52.2 Å². The minimum Gasteiger partial charge on any atom is -0.296 e. The number of fused-ring (bicyclic) bond motifs is 2. The van der Waals surface area contributed by atoms with Crippen molar-refractivity contribution in [2.24, 2.45) is 0 Å². The van der Waals surface area contributed by atoms with E-state index in [9.17, 15) is 26.4 Å². The van der Waals surface area contributed by atoms with Crippen molar-refractivity contribution in [2.45, 2.75) is 36.9 Å². The molecule has 0 spiro atoms. The van der Waals surface area contributed by atoms with Crippen molar-refractivity contribution < 1.29 is 21.6 Å². The molecule has 1 aliphatic rings. The van der Waals surface area contributed by atoms with Crippen LogP contribution in [-0.2, 0) is 22.6 Å². The first-order valence-corrected chi connectivity index (χ1v) is 10.6. The Balaban J connectivity index is 1.76. The van der Waals surface area contributed by atoms with Crippen molar-refractivity contribution >= 4 is 20.7 Å². The lowest BCUT2D eigenvalue weighted by molar-refractivity contribution is -0.137. The molecule has 9 heteroatoms. The van der Waals surface area contributed by atoms with E-state index in [1.54, 1.807) is 12.1 Å². The SMILES string of the molecule is Cc1ccc(S(=O)(=O)CC2CCn3c2nc2cc(C(F)(F)F)ccc2c3=O)cc1. The minimum absolute atomic E-state index is 0.0734. The Morgan fingerprint density at radius 2 is 1.83 bits per heavy atom. The fourth-order valence-electron chi connectivity index (χ4n) is 3.62. The molecule has 1 atom stereocenters. The summed E-state index contributed by atoms with van der Waals surface area (Å²) in [6.45, 7) is 2.13. The van der Waals surface area contributed by atoms with E-state index in [-0.39, 0.29) is 33.9 Å². The average Bonchev–Trinajstić information content (AvgIpc) is 3.03. The molecule has 0 N–H and O–H groups in total. The number of nitrogens with zero attached hydrogens (tertiary/aromatic N) is 2. The molecule has 4 rings (SSSR count). The molecule has 1 aromatic heterocycles. The van der Waals surface area contributed by atoms with Gasteiger partial charge in [-0.2, -0.15) is 13.2 Å².